The van der Waals surface area contributed by atoms with Crippen molar-refractivity contribution in [1.82, 2.24) is 0 Å². The van der Waals surface area contributed by atoms with E-state index in [1.807, 2.05) is 6.07 Å². The number of hydrazine groups is 1. The molecule has 3 N–H and O–H groups in total. The normalized spacial score (nSPS) is 12.8. The maximum Gasteiger partial charge on any atom is 0.335 e. The molecule has 0 spiro atoms. The zero-order chi connectivity index (χ0) is 13.6. The summed E-state index contributed by atoms with van der Waals surface area (Å²) in [4.78, 5) is 12.9. The molecule has 0 atom stereocenters. The second-order valence-corrected chi connectivity index (χ2v) is 5.59. The highest BCUT2D eigenvalue weighted by atomic mass is 35.5. The fourth-order valence-corrected chi connectivity index (χ4v) is 3.14. The molecule has 2 aromatic rings. The first-order valence-electron chi connectivity index (χ1n) is 5.46. The lowest BCUT2D eigenvalue weighted by atomic mass is 10.2. The largest absolute Gasteiger partial charge is 0.478 e. The van der Waals surface area contributed by atoms with Gasteiger partial charge in [0.1, 0.15) is 0 Å². The highest BCUT2D eigenvalue weighted by Gasteiger charge is 2.22. The van der Waals surface area contributed by atoms with Crippen molar-refractivity contribution in [2.24, 2.45) is 5.84 Å². The van der Waals surface area contributed by atoms with Gasteiger partial charge in [-0.25, -0.2) is 10.6 Å². The van der Waals surface area contributed by atoms with Crippen molar-refractivity contribution in [2.75, 3.05) is 5.01 Å². The van der Waals surface area contributed by atoms with Crippen molar-refractivity contribution in [3.63, 3.8) is 0 Å². The van der Waals surface area contributed by atoms with Crippen LogP contribution in [0.2, 0.25) is 5.02 Å². The van der Waals surface area contributed by atoms with Gasteiger partial charge in [0.2, 0.25) is 0 Å². The Hall–Kier alpha value is -1.69. The number of hydrogen-bond donors (Lipinski definition) is 2. The van der Waals surface area contributed by atoms with E-state index < -0.39 is 5.97 Å². The number of hydrogen-bond acceptors (Lipinski definition) is 4. The number of aromatic carboxylic acids is 1. The summed E-state index contributed by atoms with van der Waals surface area (Å²) in [7, 11) is 0. The first-order chi connectivity index (χ1) is 9.06. The molecule has 0 unspecified atom stereocenters. The van der Waals surface area contributed by atoms with E-state index in [2.05, 4.69) is 0 Å². The van der Waals surface area contributed by atoms with Crippen molar-refractivity contribution >= 4 is 40.7 Å². The maximum absolute atomic E-state index is 11.0. The Labute approximate surface area is 118 Å². The molecular formula is C13H9ClN2O2S. The summed E-state index contributed by atoms with van der Waals surface area (Å²) in [6.45, 7) is 0. The Bertz CT molecular complexity index is 690. The Morgan fingerprint density at radius 1 is 1.16 bits per heavy atom. The van der Waals surface area contributed by atoms with E-state index >= 15 is 0 Å². The molecule has 3 rings (SSSR count). The van der Waals surface area contributed by atoms with Crippen LogP contribution in [-0.2, 0) is 0 Å². The minimum absolute atomic E-state index is 0.209. The number of carbonyl (C=O) groups is 1. The summed E-state index contributed by atoms with van der Waals surface area (Å²) in [5.41, 5.74) is 1.65. The highest BCUT2D eigenvalue weighted by molar-refractivity contribution is 7.99. The Morgan fingerprint density at radius 3 is 2.47 bits per heavy atom. The molecular weight excluding hydrogens is 284 g/mol. The van der Waals surface area contributed by atoms with Crippen molar-refractivity contribution in [3.8, 4) is 0 Å². The van der Waals surface area contributed by atoms with Crippen LogP contribution in [-0.4, -0.2) is 11.1 Å². The number of rotatable bonds is 1. The number of carboxylic acid groups (broad SMARTS) is 1. The van der Waals surface area contributed by atoms with E-state index in [4.69, 9.17) is 22.6 Å². The molecule has 0 radical (unpaired) electrons. The van der Waals surface area contributed by atoms with Crippen LogP contribution in [0.1, 0.15) is 10.4 Å². The molecule has 4 nitrogen and oxygen atoms in total. The van der Waals surface area contributed by atoms with Crippen LogP contribution in [0.5, 0.6) is 0 Å². The fourth-order valence-electron chi connectivity index (χ4n) is 1.94. The van der Waals surface area contributed by atoms with Crippen LogP contribution in [0.4, 0.5) is 11.4 Å². The summed E-state index contributed by atoms with van der Waals surface area (Å²) in [6.07, 6.45) is 0. The molecule has 96 valence electrons. The molecule has 0 saturated carbocycles. The second kappa shape index (κ2) is 4.45. The van der Waals surface area contributed by atoms with Gasteiger partial charge in [-0.15, -0.1) is 0 Å². The van der Waals surface area contributed by atoms with Crippen LogP contribution >= 0.6 is 23.4 Å². The molecule has 0 amide bonds. The Kier molecular flexibility index (Phi) is 2.89. The van der Waals surface area contributed by atoms with E-state index in [-0.39, 0.29) is 5.56 Å². The van der Waals surface area contributed by atoms with Gasteiger partial charge in [0.15, 0.2) is 0 Å². The molecule has 0 fully saturated rings. The summed E-state index contributed by atoms with van der Waals surface area (Å²) in [5, 5.41) is 11.1. The van der Waals surface area contributed by atoms with Crippen LogP contribution in [0, 0.1) is 0 Å². The summed E-state index contributed by atoms with van der Waals surface area (Å²) in [5.74, 6) is 5.09. The van der Waals surface area contributed by atoms with E-state index in [9.17, 15) is 4.79 Å². The van der Waals surface area contributed by atoms with E-state index in [0.29, 0.717) is 10.7 Å². The van der Waals surface area contributed by atoms with Gasteiger partial charge < -0.3 is 5.11 Å². The zero-order valence-electron chi connectivity index (χ0n) is 9.63. The van der Waals surface area contributed by atoms with Crippen LogP contribution in [0.15, 0.2) is 46.2 Å². The molecule has 1 aliphatic heterocycles. The number of anilines is 2. The first-order valence-corrected chi connectivity index (χ1v) is 6.65. The molecule has 2 aromatic carbocycles. The summed E-state index contributed by atoms with van der Waals surface area (Å²) < 4.78 is 0. The molecule has 0 saturated heterocycles. The quantitative estimate of drug-likeness (QED) is 0.787. The topological polar surface area (TPSA) is 66.6 Å². The number of nitrogens with zero attached hydrogens (tertiary/aromatic N) is 1. The molecule has 1 aliphatic rings. The van der Waals surface area contributed by atoms with Gasteiger partial charge in [0.25, 0.3) is 0 Å². The monoisotopic (exact) mass is 292 g/mol. The molecule has 0 aliphatic carbocycles. The second-order valence-electron chi connectivity index (χ2n) is 4.07. The molecule has 0 bridgehead atoms. The maximum atomic E-state index is 11.0. The van der Waals surface area contributed by atoms with Gasteiger partial charge in [-0.05, 0) is 36.4 Å². The third-order valence-corrected chi connectivity index (χ3v) is 4.23. The predicted molar refractivity (Wildman–Crippen MR) is 75.3 cm³/mol. The lowest BCUT2D eigenvalue weighted by Crippen LogP contribution is -2.28. The lowest BCUT2D eigenvalue weighted by Gasteiger charge is -2.29. The smallest absolute Gasteiger partial charge is 0.335 e. The molecule has 19 heavy (non-hydrogen) atoms. The van der Waals surface area contributed by atoms with Gasteiger partial charge in [-0.3, -0.25) is 5.01 Å². The van der Waals surface area contributed by atoms with Crippen LogP contribution in [0.3, 0.4) is 0 Å². The van der Waals surface area contributed by atoms with E-state index in [1.54, 1.807) is 42.1 Å². The van der Waals surface area contributed by atoms with Gasteiger partial charge >= 0.3 is 5.97 Å². The van der Waals surface area contributed by atoms with Crippen molar-refractivity contribution in [2.45, 2.75) is 9.79 Å². The number of halogens is 1. The van der Waals surface area contributed by atoms with Crippen molar-refractivity contribution in [3.05, 3.63) is 47.0 Å². The predicted octanol–water partition coefficient (Wildman–Crippen LogP) is 3.51. The SMILES string of the molecule is NN1c2cc(Cl)ccc2Sc2ccc(C(=O)O)cc21. The van der Waals surface area contributed by atoms with E-state index in [0.717, 1.165) is 15.5 Å². The Morgan fingerprint density at radius 2 is 1.79 bits per heavy atom. The first kappa shape index (κ1) is 12.3. The van der Waals surface area contributed by atoms with Crippen molar-refractivity contribution in [1.29, 1.82) is 0 Å². The number of carboxylic acids is 1. The third kappa shape index (κ3) is 2.06. The average molecular weight is 293 g/mol. The standard InChI is InChI=1S/C13H9ClN2O2S/c14-8-2-4-12-10(6-8)16(15)9-5-7(13(17)18)1-3-11(9)19-12/h1-6H,15H2,(H,17,18). The van der Waals surface area contributed by atoms with Gasteiger partial charge in [-0.2, -0.15) is 0 Å². The third-order valence-electron chi connectivity index (χ3n) is 2.87. The number of nitrogens with two attached hydrogens (primary N) is 1. The van der Waals surface area contributed by atoms with Crippen molar-refractivity contribution < 1.29 is 9.90 Å². The average Bonchev–Trinajstić information content (AvgIpc) is 2.39. The van der Waals surface area contributed by atoms with Crippen LogP contribution < -0.4 is 10.9 Å². The fraction of sp³-hybridized carbons (Fsp3) is 0. The van der Waals surface area contributed by atoms with Crippen LogP contribution in [0.25, 0.3) is 0 Å². The van der Waals surface area contributed by atoms with Gasteiger partial charge in [-0.1, -0.05) is 23.4 Å². The zero-order valence-corrected chi connectivity index (χ0v) is 11.2. The molecule has 6 heteroatoms. The van der Waals surface area contributed by atoms with E-state index in [1.165, 1.54) is 5.01 Å². The summed E-state index contributed by atoms with van der Waals surface area (Å²) in [6, 6.07) is 10.4. The van der Waals surface area contributed by atoms with Gasteiger partial charge in [0.05, 0.1) is 16.9 Å². The molecule has 1 heterocycles. The lowest BCUT2D eigenvalue weighted by molar-refractivity contribution is 0.0697. The molecule has 0 aromatic heterocycles. The minimum atomic E-state index is -0.974. The minimum Gasteiger partial charge on any atom is -0.478 e. The highest BCUT2D eigenvalue weighted by Crippen LogP contribution is 2.47. The number of fused-ring (bicyclic) bond motifs is 2. The number of benzene rings is 2. The van der Waals surface area contributed by atoms with Gasteiger partial charge in [0, 0.05) is 14.8 Å². The Balaban J connectivity index is 2.14. The summed E-state index contributed by atoms with van der Waals surface area (Å²) >= 11 is 7.51.